The Morgan fingerprint density at radius 3 is 2.31 bits per heavy atom. The highest BCUT2D eigenvalue weighted by atomic mass is 35.5. The maximum atomic E-state index is 12.9. The highest BCUT2D eigenvalue weighted by Gasteiger charge is 2.23. The first-order valence-electron chi connectivity index (χ1n) is 9.57. The van der Waals surface area contributed by atoms with Crippen LogP contribution in [0.3, 0.4) is 0 Å². The standard InChI is InChI=1S/C21H24ClFN4O2/c22-17-3-1-15(2-4-17)13-24-20(28)25-14-16-9-11-27(12-10-16)21(29)26-19-7-5-18(23)6-8-19/h1-8,16H,9-14H2,(H,26,29)(H2,24,25,28). The van der Waals surface area contributed by atoms with E-state index >= 15 is 0 Å². The van der Waals surface area contributed by atoms with Gasteiger partial charge in [-0.1, -0.05) is 23.7 Å². The van der Waals surface area contributed by atoms with Crippen LogP contribution in [-0.2, 0) is 6.54 Å². The molecule has 0 bridgehead atoms. The molecule has 1 aliphatic rings. The number of benzene rings is 2. The first kappa shape index (κ1) is 20.9. The molecule has 3 rings (SSSR count). The molecular formula is C21H24ClFN4O2. The van der Waals surface area contributed by atoms with E-state index in [-0.39, 0.29) is 17.9 Å². The van der Waals surface area contributed by atoms with Gasteiger partial charge in [-0.25, -0.2) is 14.0 Å². The Labute approximate surface area is 174 Å². The molecule has 0 aromatic heterocycles. The third-order valence-electron chi connectivity index (χ3n) is 4.91. The second kappa shape index (κ2) is 10.1. The Morgan fingerprint density at radius 1 is 1.00 bits per heavy atom. The number of anilines is 1. The maximum Gasteiger partial charge on any atom is 0.321 e. The number of likely N-dealkylation sites (tertiary alicyclic amines) is 1. The van der Waals surface area contributed by atoms with Gasteiger partial charge >= 0.3 is 12.1 Å². The van der Waals surface area contributed by atoms with Crippen molar-refractivity contribution in [1.29, 1.82) is 0 Å². The molecule has 1 aliphatic heterocycles. The highest BCUT2D eigenvalue weighted by Crippen LogP contribution is 2.18. The van der Waals surface area contributed by atoms with E-state index < -0.39 is 0 Å². The summed E-state index contributed by atoms with van der Waals surface area (Å²) in [7, 11) is 0. The molecule has 0 saturated carbocycles. The van der Waals surface area contributed by atoms with Crippen molar-refractivity contribution in [2.45, 2.75) is 19.4 Å². The largest absolute Gasteiger partial charge is 0.338 e. The van der Waals surface area contributed by atoms with Gasteiger partial charge in [-0.2, -0.15) is 0 Å². The molecule has 8 heteroatoms. The minimum atomic E-state index is -0.339. The Balaban J connectivity index is 1.33. The fraction of sp³-hybridized carbons (Fsp3) is 0.333. The van der Waals surface area contributed by atoms with E-state index in [4.69, 9.17) is 11.6 Å². The lowest BCUT2D eigenvalue weighted by Gasteiger charge is -2.32. The Morgan fingerprint density at radius 2 is 1.66 bits per heavy atom. The van der Waals surface area contributed by atoms with E-state index in [0.717, 1.165) is 18.4 Å². The first-order valence-corrected chi connectivity index (χ1v) is 9.95. The number of hydrogen-bond acceptors (Lipinski definition) is 2. The lowest BCUT2D eigenvalue weighted by atomic mass is 9.97. The van der Waals surface area contributed by atoms with Gasteiger partial charge in [0.15, 0.2) is 0 Å². The van der Waals surface area contributed by atoms with Gasteiger partial charge in [-0.05, 0) is 60.7 Å². The molecule has 0 aliphatic carbocycles. The molecule has 4 amide bonds. The zero-order valence-electron chi connectivity index (χ0n) is 16.0. The molecule has 0 radical (unpaired) electrons. The van der Waals surface area contributed by atoms with Crippen LogP contribution >= 0.6 is 11.6 Å². The number of carbonyl (C=O) groups excluding carboxylic acids is 2. The fourth-order valence-corrected chi connectivity index (χ4v) is 3.29. The second-order valence-corrected chi connectivity index (χ2v) is 7.49. The summed E-state index contributed by atoms with van der Waals surface area (Å²) in [5, 5.41) is 9.15. The van der Waals surface area contributed by atoms with Gasteiger partial charge in [0, 0.05) is 36.9 Å². The molecule has 2 aromatic carbocycles. The second-order valence-electron chi connectivity index (χ2n) is 7.06. The monoisotopic (exact) mass is 418 g/mol. The number of rotatable bonds is 5. The van der Waals surface area contributed by atoms with E-state index in [1.165, 1.54) is 24.3 Å². The Bertz CT molecular complexity index is 822. The van der Waals surface area contributed by atoms with Crippen molar-refractivity contribution >= 4 is 29.4 Å². The van der Waals surface area contributed by atoms with Crippen LogP contribution in [0.4, 0.5) is 19.7 Å². The number of amides is 4. The fourth-order valence-electron chi connectivity index (χ4n) is 3.16. The molecule has 1 saturated heterocycles. The van der Waals surface area contributed by atoms with Crippen molar-refractivity contribution in [3.05, 3.63) is 64.9 Å². The van der Waals surface area contributed by atoms with E-state index in [0.29, 0.717) is 42.8 Å². The van der Waals surface area contributed by atoms with Crippen LogP contribution in [0.25, 0.3) is 0 Å². The Hall–Kier alpha value is -2.80. The topological polar surface area (TPSA) is 73.5 Å². The minimum Gasteiger partial charge on any atom is -0.338 e. The number of hydrogen-bond donors (Lipinski definition) is 3. The average Bonchev–Trinajstić information content (AvgIpc) is 2.74. The van der Waals surface area contributed by atoms with Crippen molar-refractivity contribution in [3.8, 4) is 0 Å². The maximum absolute atomic E-state index is 12.9. The van der Waals surface area contributed by atoms with Crippen molar-refractivity contribution in [3.63, 3.8) is 0 Å². The third-order valence-corrected chi connectivity index (χ3v) is 5.17. The first-order chi connectivity index (χ1) is 14.0. The number of nitrogens with zero attached hydrogens (tertiary/aromatic N) is 1. The SMILES string of the molecule is O=C(NCc1ccc(Cl)cc1)NCC1CCN(C(=O)Nc2ccc(F)cc2)CC1. The predicted octanol–water partition coefficient (Wildman–Crippen LogP) is 4.22. The van der Waals surface area contributed by atoms with Crippen LogP contribution in [0.5, 0.6) is 0 Å². The number of carbonyl (C=O) groups is 2. The average molecular weight is 419 g/mol. The summed E-state index contributed by atoms with van der Waals surface area (Å²) in [6.45, 7) is 2.24. The van der Waals surface area contributed by atoms with Crippen LogP contribution < -0.4 is 16.0 Å². The van der Waals surface area contributed by atoms with E-state index in [9.17, 15) is 14.0 Å². The molecule has 29 heavy (non-hydrogen) atoms. The number of piperidine rings is 1. The van der Waals surface area contributed by atoms with Crippen LogP contribution in [0, 0.1) is 11.7 Å². The quantitative estimate of drug-likeness (QED) is 0.680. The van der Waals surface area contributed by atoms with Crippen LogP contribution in [0.15, 0.2) is 48.5 Å². The van der Waals surface area contributed by atoms with E-state index in [1.54, 1.807) is 17.0 Å². The summed E-state index contributed by atoms with van der Waals surface area (Å²) in [4.78, 5) is 26.0. The Kier molecular flexibility index (Phi) is 7.30. The molecule has 1 fully saturated rings. The normalized spacial score (nSPS) is 14.3. The zero-order chi connectivity index (χ0) is 20.6. The third kappa shape index (κ3) is 6.64. The van der Waals surface area contributed by atoms with Crippen molar-refractivity contribution < 1.29 is 14.0 Å². The van der Waals surface area contributed by atoms with E-state index in [2.05, 4.69) is 16.0 Å². The van der Waals surface area contributed by atoms with Gasteiger partial charge in [0.05, 0.1) is 0 Å². The van der Waals surface area contributed by atoms with Crippen molar-refractivity contribution in [2.24, 2.45) is 5.92 Å². The summed E-state index contributed by atoms with van der Waals surface area (Å²) >= 11 is 5.84. The van der Waals surface area contributed by atoms with Gasteiger partial charge < -0.3 is 20.9 Å². The number of halogens is 2. The summed E-state index contributed by atoms with van der Waals surface area (Å²) in [5.41, 5.74) is 1.54. The molecule has 2 aromatic rings. The number of urea groups is 2. The molecule has 0 unspecified atom stereocenters. The molecule has 1 heterocycles. The van der Waals surface area contributed by atoms with Crippen LogP contribution in [0.1, 0.15) is 18.4 Å². The van der Waals surface area contributed by atoms with Gasteiger partial charge in [0.1, 0.15) is 5.82 Å². The lowest BCUT2D eigenvalue weighted by molar-refractivity contribution is 0.181. The molecule has 0 spiro atoms. The van der Waals surface area contributed by atoms with Gasteiger partial charge in [0.2, 0.25) is 0 Å². The highest BCUT2D eigenvalue weighted by molar-refractivity contribution is 6.30. The molecule has 3 N–H and O–H groups in total. The van der Waals surface area contributed by atoms with Crippen LogP contribution in [0.2, 0.25) is 5.02 Å². The smallest absolute Gasteiger partial charge is 0.321 e. The van der Waals surface area contributed by atoms with Gasteiger partial charge in [-0.3, -0.25) is 0 Å². The zero-order valence-corrected chi connectivity index (χ0v) is 16.7. The van der Waals surface area contributed by atoms with Gasteiger partial charge in [-0.15, -0.1) is 0 Å². The van der Waals surface area contributed by atoms with Crippen molar-refractivity contribution in [1.82, 2.24) is 15.5 Å². The van der Waals surface area contributed by atoms with Crippen LogP contribution in [-0.4, -0.2) is 36.6 Å². The molecule has 0 atom stereocenters. The minimum absolute atomic E-state index is 0.191. The van der Waals surface area contributed by atoms with E-state index in [1.807, 2.05) is 12.1 Å². The molecule has 154 valence electrons. The molecule has 6 nitrogen and oxygen atoms in total. The summed E-state index contributed by atoms with van der Waals surface area (Å²) in [6, 6.07) is 12.6. The lowest BCUT2D eigenvalue weighted by Crippen LogP contribution is -2.44. The van der Waals surface area contributed by atoms with Crippen molar-refractivity contribution in [2.75, 3.05) is 25.0 Å². The van der Waals surface area contributed by atoms with Gasteiger partial charge in [0.25, 0.3) is 0 Å². The number of nitrogens with one attached hydrogen (secondary N) is 3. The summed E-state index contributed by atoms with van der Waals surface area (Å²) in [6.07, 6.45) is 1.63. The predicted molar refractivity (Wildman–Crippen MR) is 111 cm³/mol. The molecular weight excluding hydrogens is 395 g/mol. The summed E-state index contributed by atoms with van der Waals surface area (Å²) in [5.74, 6) is -0.0142. The summed E-state index contributed by atoms with van der Waals surface area (Å²) < 4.78 is 12.9.